The molecular weight excluding hydrogens is 426 g/mol. The van der Waals surface area contributed by atoms with Gasteiger partial charge in [-0.3, -0.25) is 19.8 Å². The zero-order valence-electron chi connectivity index (χ0n) is 16.9. The molecule has 9 nitrogen and oxygen atoms in total. The van der Waals surface area contributed by atoms with Gasteiger partial charge in [0, 0.05) is 37.7 Å². The highest BCUT2D eigenvalue weighted by Crippen LogP contribution is 2.34. The Hall–Kier alpha value is -3.17. The summed E-state index contributed by atoms with van der Waals surface area (Å²) in [6.07, 6.45) is 0. The predicted molar refractivity (Wildman–Crippen MR) is 114 cm³/mol. The molecule has 0 radical (unpaired) electrons. The first-order valence-corrected chi connectivity index (χ1v) is 10.0. The lowest BCUT2D eigenvalue weighted by atomic mass is 10.1. The molecule has 1 saturated heterocycles. The second-order valence-corrected chi connectivity index (χ2v) is 7.68. The van der Waals surface area contributed by atoms with E-state index in [0.29, 0.717) is 36.8 Å². The van der Waals surface area contributed by atoms with E-state index >= 15 is 0 Å². The van der Waals surface area contributed by atoms with Gasteiger partial charge in [0.2, 0.25) is 5.75 Å². The molecule has 0 atom stereocenters. The van der Waals surface area contributed by atoms with Crippen LogP contribution in [0.4, 0.5) is 5.69 Å². The first kappa shape index (κ1) is 22.5. The van der Waals surface area contributed by atoms with Crippen molar-refractivity contribution in [3.8, 4) is 5.75 Å². The Labute approximate surface area is 183 Å². The van der Waals surface area contributed by atoms with Crippen molar-refractivity contribution in [2.75, 3.05) is 32.8 Å². The van der Waals surface area contributed by atoms with Gasteiger partial charge in [0.15, 0.2) is 6.61 Å². The smallest absolute Gasteiger partial charge is 0.342 e. The van der Waals surface area contributed by atoms with Crippen LogP contribution >= 0.6 is 11.6 Å². The van der Waals surface area contributed by atoms with Gasteiger partial charge in [0.25, 0.3) is 5.91 Å². The highest BCUT2D eigenvalue weighted by atomic mass is 35.5. The molecule has 164 valence electrons. The van der Waals surface area contributed by atoms with Gasteiger partial charge in [0.05, 0.1) is 4.92 Å². The predicted octanol–water partition coefficient (Wildman–Crippen LogP) is 2.98. The third-order valence-electron chi connectivity index (χ3n) is 5.13. The van der Waals surface area contributed by atoms with Gasteiger partial charge in [-0.15, -0.1) is 0 Å². The van der Waals surface area contributed by atoms with Crippen LogP contribution in [0.1, 0.15) is 21.5 Å². The highest BCUT2D eigenvalue weighted by molar-refractivity contribution is 6.30. The average molecular weight is 448 g/mol. The van der Waals surface area contributed by atoms with Crippen molar-refractivity contribution in [2.24, 2.45) is 0 Å². The third-order valence-corrected chi connectivity index (χ3v) is 5.38. The third kappa shape index (κ3) is 5.50. The largest absolute Gasteiger partial charge is 0.477 e. The molecule has 1 aliphatic rings. The lowest BCUT2D eigenvalue weighted by molar-refractivity contribution is -0.386. The Bertz CT molecular complexity index is 987. The number of aryl methyl sites for hydroxylation is 1. The second-order valence-electron chi connectivity index (χ2n) is 7.24. The van der Waals surface area contributed by atoms with Crippen LogP contribution in [0.2, 0.25) is 5.02 Å². The van der Waals surface area contributed by atoms with E-state index in [9.17, 15) is 24.8 Å². The Morgan fingerprint density at radius 3 is 2.35 bits per heavy atom. The number of rotatable bonds is 7. The number of hydrogen-bond donors (Lipinski definition) is 1. The van der Waals surface area contributed by atoms with E-state index in [0.717, 1.165) is 18.2 Å². The highest BCUT2D eigenvalue weighted by Gasteiger charge is 2.29. The van der Waals surface area contributed by atoms with E-state index < -0.39 is 28.8 Å². The zero-order valence-corrected chi connectivity index (χ0v) is 17.7. The SMILES string of the molecule is Cc1ccc(C(=O)O)c([N+](=O)[O-])c1OCC(=O)N1CCN(Cc2ccc(Cl)cc2)CC1. The minimum atomic E-state index is -1.43. The summed E-state index contributed by atoms with van der Waals surface area (Å²) in [7, 11) is 0. The van der Waals surface area contributed by atoms with Crippen LogP contribution in [-0.2, 0) is 11.3 Å². The van der Waals surface area contributed by atoms with E-state index in [-0.39, 0.29) is 11.7 Å². The van der Waals surface area contributed by atoms with Gasteiger partial charge in [-0.05, 0) is 36.2 Å². The molecule has 0 aromatic heterocycles. The average Bonchev–Trinajstić information content (AvgIpc) is 2.74. The summed E-state index contributed by atoms with van der Waals surface area (Å²) in [5.74, 6) is -1.93. The summed E-state index contributed by atoms with van der Waals surface area (Å²) >= 11 is 5.91. The Kier molecular flexibility index (Phi) is 7.09. The number of benzene rings is 2. The molecule has 0 unspecified atom stereocenters. The summed E-state index contributed by atoms with van der Waals surface area (Å²) in [5.41, 5.74) is 0.396. The van der Waals surface area contributed by atoms with Gasteiger partial charge in [-0.25, -0.2) is 4.79 Å². The maximum atomic E-state index is 12.6. The van der Waals surface area contributed by atoms with Gasteiger partial charge in [-0.1, -0.05) is 29.8 Å². The summed E-state index contributed by atoms with van der Waals surface area (Å²) in [6, 6.07) is 10.2. The van der Waals surface area contributed by atoms with Crippen LogP contribution < -0.4 is 4.74 Å². The Balaban J connectivity index is 1.58. The topological polar surface area (TPSA) is 113 Å². The van der Waals surface area contributed by atoms with Crippen LogP contribution in [0.3, 0.4) is 0 Å². The van der Waals surface area contributed by atoms with Crippen LogP contribution in [0, 0.1) is 17.0 Å². The number of piperazine rings is 1. The number of nitro groups is 1. The normalized spacial score (nSPS) is 14.3. The molecule has 1 heterocycles. The monoisotopic (exact) mass is 447 g/mol. The molecule has 2 aromatic rings. The Morgan fingerprint density at radius 1 is 1.13 bits per heavy atom. The molecule has 2 aromatic carbocycles. The maximum absolute atomic E-state index is 12.6. The van der Waals surface area contributed by atoms with E-state index in [1.807, 2.05) is 24.3 Å². The standard InChI is InChI=1S/C21H22ClN3O6/c1-14-2-7-17(21(27)28)19(25(29)30)20(14)31-13-18(26)24-10-8-23(9-11-24)12-15-3-5-16(22)6-4-15/h2-7H,8-13H2,1H3,(H,27,28). The molecule has 1 amide bonds. The summed E-state index contributed by atoms with van der Waals surface area (Å²) in [4.78, 5) is 38.3. The van der Waals surface area contributed by atoms with Crippen LogP contribution in [-0.4, -0.2) is 64.5 Å². The summed E-state index contributed by atoms with van der Waals surface area (Å²) in [5, 5.41) is 21.3. The number of ether oxygens (including phenoxy) is 1. The van der Waals surface area contributed by atoms with Crippen molar-refractivity contribution in [3.05, 3.63) is 68.2 Å². The van der Waals surface area contributed by atoms with Crippen LogP contribution in [0.5, 0.6) is 5.75 Å². The molecule has 31 heavy (non-hydrogen) atoms. The van der Waals surface area contributed by atoms with Crippen molar-refractivity contribution in [3.63, 3.8) is 0 Å². The minimum absolute atomic E-state index is 0.195. The molecular formula is C21H22ClN3O6. The van der Waals surface area contributed by atoms with E-state index in [4.69, 9.17) is 16.3 Å². The second kappa shape index (κ2) is 9.76. The number of aromatic carboxylic acids is 1. The zero-order chi connectivity index (χ0) is 22.5. The van der Waals surface area contributed by atoms with Crippen LogP contribution in [0.25, 0.3) is 0 Å². The van der Waals surface area contributed by atoms with Crippen molar-refractivity contribution in [1.82, 2.24) is 9.80 Å². The molecule has 1 N–H and O–H groups in total. The number of carbonyl (C=O) groups excluding carboxylic acids is 1. The fourth-order valence-corrected chi connectivity index (χ4v) is 3.56. The van der Waals surface area contributed by atoms with E-state index in [2.05, 4.69) is 4.90 Å². The van der Waals surface area contributed by atoms with Gasteiger partial charge in [-0.2, -0.15) is 0 Å². The van der Waals surface area contributed by atoms with Crippen molar-refractivity contribution in [1.29, 1.82) is 0 Å². The number of nitro benzene ring substituents is 1. The number of amides is 1. The molecule has 0 saturated carbocycles. The molecule has 0 bridgehead atoms. The molecule has 1 aliphatic heterocycles. The number of hydrogen-bond acceptors (Lipinski definition) is 6. The Morgan fingerprint density at radius 2 is 1.77 bits per heavy atom. The molecule has 0 spiro atoms. The number of carboxylic acid groups (broad SMARTS) is 1. The summed E-state index contributed by atoms with van der Waals surface area (Å²) < 4.78 is 5.45. The number of carbonyl (C=O) groups is 2. The van der Waals surface area contributed by atoms with Crippen molar-refractivity contribution >= 4 is 29.2 Å². The first-order valence-electron chi connectivity index (χ1n) is 9.65. The van der Waals surface area contributed by atoms with Gasteiger partial charge in [0.1, 0.15) is 5.56 Å². The van der Waals surface area contributed by atoms with E-state index in [1.54, 1.807) is 11.8 Å². The van der Waals surface area contributed by atoms with Crippen LogP contribution in [0.15, 0.2) is 36.4 Å². The maximum Gasteiger partial charge on any atom is 0.342 e. The quantitative estimate of drug-likeness (QED) is 0.512. The number of halogens is 1. The first-order chi connectivity index (χ1) is 14.8. The van der Waals surface area contributed by atoms with Crippen molar-refractivity contribution in [2.45, 2.75) is 13.5 Å². The molecule has 10 heteroatoms. The molecule has 1 fully saturated rings. The lowest BCUT2D eigenvalue weighted by Crippen LogP contribution is -2.49. The minimum Gasteiger partial charge on any atom is -0.477 e. The lowest BCUT2D eigenvalue weighted by Gasteiger charge is -2.34. The fraction of sp³-hybridized carbons (Fsp3) is 0.333. The fourth-order valence-electron chi connectivity index (χ4n) is 3.44. The van der Waals surface area contributed by atoms with Gasteiger partial charge >= 0.3 is 11.7 Å². The number of nitrogens with zero attached hydrogens (tertiary/aromatic N) is 3. The van der Waals surface area contributed by atoms with E-state index in [1.165, 1.54) is 6.07 Å². The molecule has 3 rings (SSSR count). The molecule has 0 aliphatic carbocycles. The number of carboxylic acids is 1. The van der Waals surface area contributed by atoms with Gasteiger partial charge < -0.3 is 14.7 Å². The van der Waals surface area contributed by atoms with Crippen molar-refractivity contribution < 1.29 is 24.4 Å². The summed E-state index contributed by atoms with van der Waals surface area (Å²) in [6.45, 7) is 4.29.